The Labute approximate surface area is 130 Å². The molecule has 0 fully saturated rings. The largest absolute Gasteiger partial charge is 0.417 e. The van der Waals surface area contributed by atoms with Gasteiger partial charge in [0.25, 0.3) is 5.56 Å². The summed E-state index contributed by atoms with van der Waals surface area (Å²) in [4.78, 5) is 14.0. The first kappa shape index (κ1) is 16.2. The number of rotatable bonds is 1. The summed E-state index contributed by atoms with van der Waals surface area (Å²) in [5.74, 6) is -1.18. The summed E-state index contributed by atoms with van der Waals surface area (Å²) in [6.07, 6.45) is -4.83. The lowest BCUT2D eigenvalue weighted by molar-refractivity contribution is -0.137. The van der Waals surface area contributed by atoms with Crippen molar-refractivity contribution in [3.8, 4) is 17.2 Å². The van der Waals surface area contributed by atoms with Gasteiger partial charge in [0.05, 0.1) is 10.0 Å². The fourth-order valence-corrected chi connectivity index (χ4v) is 2.38. The van der Waals surface area contributed by atoms with Crippen LogP contribution < -0.4 is 5.56 Å². The second-order valence-corrected chi connectivity index (χ2v) is 5.32. The first-order chi connectivity index (χ1) is 10.2. The van der Waals surface area contributed by atoms with Crippen LogP contribution in [0.15, 0.2) is 27.5 Å². The topological polar surface area (TPSA) is 56.6 Å². The molecule has 0 amide bonds. The second-order valence-electron chi connectivity index (χ2n) is 4.46. The Bertz CT molecular complexity index is 850. The molecule has 22 heavy (non-hydrogen) atoms. The zero-order chi connectivity index (χ0) is 16.7. The van der Waals surface area contributed by atoms with Crippen LogP contribution in [0, 0.1) is 24.1 Å². The zero-order valence-electron chi connectivity index (χ0n) is 11.0. The highest BCUT2D eigenvalue weighted by atomic mass is 79.9. The first-order valence-corrected chi connectivity index (χ1v) is 6.65. The summed E-state index contributed by atoms with van der Waals surface area (Å²) < 4.78 is 53.5. The lowest BCUT2D eigenvalue weighted by Gasteiger charge is -2.16. The fourth-order valence-electron chi connectivity index (χ4n) is 2.05. The minimum absolute atomic E-state index is 0.197. The van der Waals surface area contributed by atoms with Crippen LogP contribution in [0.3, 0.4) is 0 Å². The van der Waals surface area contributed by atoms with Crippen LogP contribution in [-0.2, 0) is 6.18 Å². The van der Waals surface area contributed by atoms with Crippen LogP contribution in [0.25, 0.3) is 11.1 Å². The molecule has 2 aromatic rings. The Morgan fingerprint density at radius 3 is 2.50 bits per heavy atom. The van der Waals surface area contributed by atoms with Gasteiger partial charge in [-0.15, -0.1) is 0 Å². The maximum Gasteiger partial charge on any atom is 0.417 e. The van der Waals surface area contributed by atoms with Gasteiger partial charge in [-0.2, -0.15) is 18.4 Å². The van der Waals surface area contributed by atoms with E-state index < -0.39 is 39.8 Å². The standard InChI is InChI=1S/C14H7BrF4N2O/c1-6-4-7(8(5-20)13(22)21-6)11-9(14(17,18)19)2-3-10(15)12(11)16/h2-4H,1H3,(H,21,22). The highest BCUT2D eigenvalue weighted by Gasteiger charge is 2.36. The van der Waals surface area contributed by atoms with Crippen LogP contribution in [0.5, 0.6) is 0 Å². The van der Waals surface area contributed by atoms with Crippen LogP contribution >= 0.6 is 15.9 Å². The number of halogens is 5. The second kappa shape index (κ2) is 5.57. The summed E-state index contributed by atoms with van der Waals surface area (Å²) in [6.45, 7) is 1.43. The van der Waals surface area contributed by atoms with Crippen molar-refractivity contribution in [1.29, 1.82) is 5.26 Å². The minimum Gasteiger partial charge on any atom is -0.325 e. The number of hydrogen-bond acceptors (Lipinski definition) is 2. The number of nitrogens with zero attached hydrogens (tertiary/aromatic N) is 1. The van der Waals surface area contributed by atoms with Crippen molar-refractivity contribution in [3.63, 3.8) is 0 Å². The summed E-state index contributed by atoms with van der Waals surface area (Å²) in [5, 5.41) is 9.02. The van der Waals surface area contributed by atoms with Gasteiger partial charge < -0.3 is 4.98 Å². The molecule has 3 nitrogen and oxygen atoms in total. The molecule has 114 valence electrons. The number of pyridine rings is 1. The van der Waals surface area contributed by atoms with Crippen LogP contribution in [0.2, 0.25) is 0 Å². The molecule has 0 radical (unpaired) electrons. The Kier molecular flexibility index (Phi) is 4.11. The Balaban J connectivity index is 2.99. The maximum absolute atomic E-state index is 14.3. The number of nitriles is 1. The number of aromatic amines is 1. The molecule has 1 N–H and O–H groups in total. The molecule has 0 atom stereocenters. The highest BCUT2D eigenvalue weighted by Crippen LogP contribution is 2.41. The van der Waals surface area contributed by atoms with Gasteiger partial charge >= 0.3 is 6.18 Å². The monoisotopic (exact) mass is 374 g/mol. The molecule has 0 saturated carbocycles. The summed E-state index contributed by atoms with van der Waals surface area (Å²) in [6, 6.07) is 4.28. The van der Waals surface area contributed by atoms with Gasteiger partial charge in [0.1, 0.15) is 17.4 Å². The molecule has 0 saturated heterocycles. The molecule has 0 unspecified atom stereocenters. The van der Waals surface area contributed by atoms with Gasteiger partial charge in [-0.05, 0) is 41.1 Å². The lowest BCUT2D eigenvalue weighted by Crippen LogP contribution is -2.15. The van der Waals surface area contributed by atoms with Gasteiger partial charge in [-0.3, -0.25) is 4.79 Å². The van der Waals surface area contributed by atoms with E-state index in [1.807, 2.05) is 0 Å². The molecule has 2 rings (SSSR count). The smallest absolute Gasteiger partial charge is 0.325 e. The summed E-state index contributed by atoms with van der Waals surface area (Å²) in [7, 11) is 0. The van der Waals surface area contributed by atoms with Crippen molar-refractivity contribution in [3.05, 3.63) is 55.7 Å². The van der Waals surface area contributed by atoms with Gasteiger partial charge in [-0.1, -0.05) is 0 Å². The molecular weight excluding hydrogens is 368 g/mol. The van der Waals surface area contributed by atoms with E-state index in [0.717, 1.165) is 12.1 Å². The normalized spacial score (nSPS) is 11.3. The number of alkyl halides is 3. The van der Waals surface area contributed by atoms with E-state index in [4.69, 9.17) is 5.26 Å². The van der Waals surface area contributed by atoms with Crippen molar-refractivity contribution >= 4 is 15.9 Å². The number of aryl methyl sites for hydroxylation is 1. The van der Waals surface area contributed by atoms with Crippen LogP contribution in [-0.4, -0.2) is 4.98 Å². The van der Waals surface area contributed by atoms with E-state index in [9.17, 15) is 22.4 Å². The highest BCUT2D eigenvalue weighted by molar-refractivity contribution is 9.10. The number of benzene rings is 1. The molecule has 8 heteroatoms. The molecule has 0 aliphatic carbocycles. The van der Waals surface area contributed by atoms with E-state index in [1.165, 1.54) is 13.0 Å². The number of H-pyrrole nitrogens is 1. The average Bonchev–Trinajstić information content (AvgIpc) is 2.39. The summed E-state index contributed by atoms with van der Waals surface area (Å²) >= 11 is 2.82. The quantitative estimate of drug-likeness (QED) is 0.762. The third-order valence-corrected chi connectivity index (χ3v) is 3.56. The van der Waals surface area contributed by atoms with Crippen molar-refractivity contribution < 1.29 is 17.6 Å². The number of nitrogens with one attached hydrogen (secondary N) is 1. The van der Waals surface area contributed by atoms with Gasteiger partial charge in [0, 0.05) is 16.8 Å². The van der Waals surface area contributed by atoms with E-state index in [1.54, 1.807) is 0 Å². The van der Waals surface area contributed by atoms with E-state index >= 15 is 0 Å². The molecular formula is C14H7BrF4N2O. The molecule has 1 aromatic heterocycles. The lowest BCUT2D eigenvalue weighted by atomic mass is 9.95. The predicted molar refractivity (Wildman–Crippen MR) is 74.6 cm³/mol. The molecule has 0 bridgehead atoms. The van der Waals surface area contributed by atoms with Gasteiger partial charge in [0.15, 0.2) is 0 Å². The Hall–Kier alpha value is -2.14. The summed E-state index contributed by atoms with van der Waals surface area (Å²) in [5.41, 5.74) is -3.71. The first-order valence-electron chi connectivity index (χ1n) is 5.86. The predicted octanol–water partition coefficient (Wildman–Crippen LogP) is 4.14. The van der Waals surface area contributed by atoms with Crippen molar-refractivity contribution in [1.82, 2.24) is 4.98 Å². The Morgan fingerprint density at radius 2 is 1.95 bits per heavy atom. The van der Waals surface area contributed by atoms with E-state index in [0.29, 0.717) is 6.07 Å². The Morgan fingerprint density at radius 1 is 1.32 bits per heavy atom. The number of aromatic nitrogens is 1. The third-order valence-electron chi connectivity index (χ3n) is 2.95. The van der Waals surface area contributed by atoms with Gasteiger partial charge in [-0.25, -0.2) is 4.39 Å². The molecule has 0 aliphatic rings. The van der Waals surface area contributed by atoms with Crippen LogP contribution in [0.1, 0.15) is 16.8 Å². The fraction of sp³-hybridized carbons (Fsp3) is 0.143. The molecule has 1 heterocycles. The molecule has 0 aliphatic heterocycles. The maximum atomic E-state index is 14.3. The van der Waals surface area contributed by atoms with E-state index in [-0.39, 0.29) is 10.2 Å². The van der Waals surface area contributed by atoms with Crippen molar-refractivity contribution in [2.75, 3.05) is 0 Å². The third kappa shape index (κ3) is 2.76. The zero-order valence-corrected chi connectivity index (χ0v) is 12.6. The van der Waals surface area contributed by atoms with Crippen molar-refractivity contribution in [2.24, 2.45) is 0 Å². The van der Waals surface area contributed by atoms with E-state index in [2.05, 4.69) is 20.9 Å². The van der Waals surface area contributed by atoms with Crippen LogP contribution in [0.4, 0.5) is 17.6 Å². The number of hydrogen-bond donors (Lipinski definition) is 1. The molecule has 0 spiro atoms. The molecule has 1 aromatic carbocycles. The van der Waals surface area contributed by atoms with Crippen molar-refractivity contribution in [2.45, 2.75) is 13.1 Å². The average molecular weight is 375 g/mol. The minimum atomic E-state index is -4.83. The SMILES string of the molecule is Cc1cc(-c2c(C(F)(F)F)ccc(Br)c2F)c(C#N)c(=O)[nH]1. The van der Waals surface area contributed by atoms with Gasteiger partial charge in [0.2, 0.25) is 0 Å².